The van der Waals surface area contributed by atoms with E-state index in [2.05, 4.69) is 16.2 Å². The Kier molecular flexibility index (Phi) is 4.21. The third kappa shape index (κ3) is 3.39. The molecule has 2 aromatic rings. The largest absolute Gasteiger partial charge is 0.490 e. The van der Waals surface area contributed by atoms with Crippen LogP contribution >= 0.6 is 0 Å². The smallest absolute Gasteiger partial charge is 0.248 e. The van der Waals surface area contributed by atoms with Gasteiger partial charge in [0.1, 0.15) is 11.9 Å². The van der Waals surface area contributed by atoms with Crippen molar-refractivity contribution in [1.29, 1.82) is 0 Å². The second kappa shape index (κ2) is 6.52. The van der Waals surface area contributed by atoms with Crippen molar-refractivity contribution in [3.8, 4) is 5.75 Å². The van der Waals surface area contributed by atoms with Gasteiger partial charge in [-0.15, -0.1) is 0 Å². The molecule has 2 saturated heterocycles. The van der Waals surface area contributed by atoms with Gasteiger partial charge >= 0.3 is 0 Å². The molecule has 2 aliphatic heterocycles. The van der Waals surface area contributed by atoms with Crippen molar-refractivity contribution in [2.75, 3.05) is 0 Å². The minimum Gasteiger partial charge on any atom is -0.490 e. The first-order valence-electron chi connectivity index (χ1n) is 8.88. The van der Waals surface area contributed by atoms with E-state index in [9.17, 15) is 4.79 Å². The van der Waals surface area contributed by atoms with Crippen LogP contribution in [0.4, 0.5) is 0 Å². The average molecular weight is 340 g/mol. The molecule has 0 spiro atoms. The normalized spacial score (nSPS) is 25.9. The van der Waals surface area contributed by atoms with Gasteiger partial charge in [-0.2, -0.15) is 5.10 Å². The van der Waals surface area contributed by atoms with Crippen molar-refractivity contribution in [3.05, 3.63) is 47.8 Å². The number of nitrogens with two attached hydrogens (primary N) is 1. The zero-order valence-electron chi connectivity index (χ0n) is 14.5. The first-order chi connectivity index (χ1) is 12.1. The van der Waals surface area contributed by atoms with Crippen molar-refractivity contribution in [2.45, 2.75) is 50.4 Å². The molecule has 4 rings (SSSR count). The summed E-state index contributed by atoms with van der Waals surface area (Å²) in [5.41, 5.74) is 7.12. The lowest BCUT2D eigenvalue weighted by Gasteiger charge is -2.38. The van der Waals surface area contributed by atoms with E-state index in [0.29, 0.717) is 17.6 Å². The maximum absolute atomic E-state index is 11.3. The van der Waals surface area contributed by atoms with Crippen LogP contribution in [0.1, 0.15) is 41.6 Å². The number of carbonyl (C=O) groups is 1. The molecule has 0 radical (unpaired) electrons. The lowest BCUT2D eigenvalue weighted by atomic mass is 9.99. The lowest BCUT2D eigenvalue weighted by Crippen LogP contribution is -2.45. The molecule has 2 N–H and O–H groups in total. The molecule has 0 saturated carbocycles. The molecule has 1 aromatic carbocycles. The molecule has 1 unspecified atom stereocenters. The molecular formula is C19H24N4O2. The maximum Gasteiger partial charge on any atom is 0.248 e. The number of nitrogens with zero attached hydrogens (tertiary/aromatic N) is 3. The average Bonchev–Trinajstić information content (AvgIpc) is 3.08. The Morgan fingerprint density at radius 1 is 1.32 bits per heavy atom. The van der Waals surface area contributed by atoms with Crippen molar-refractivity contribution in [2.24, 2.45) is 12.8 Å². The zero-order chi connectivity index (χ0) is 17.4. The van der Waals surface area contributed by atoms with Crippen LogP contribution in [0.3, 0.4) is 0 Å². The molecule has 3 atom stereocenters. The number of benzene rings is 1. The molecular weight excluding hydrogens is 316 g/mol. The van der Waals surface area contributed by atoms with E-state index < -0.39 is 5.91 Å². The van der Waals surface area contributed by atoms with Crippen LogP contribution in [-0.4, -0.2) is 38.8 Å². The fourth-order valence-corrected chi connectivity index (χ4v) is 4.26. The number of aromatic nitrogens is 2. The number of fused-ring (bicyclic) bond motifs is 2. The first-order valence-corrected chi connectivity index (χ1v) is 8.88. The number of primary amides is 1. The Morgan fingerprint density at radius 2 is 2.08 bits per heavy atom. The number of amides is 1. The topological polar surface area (TPSA) is 73.4 Å². The fourth-order valence-electron chi connectivity index (χ4n) is 4.26. The third-order valence-electron chi connectivity index (χ3n) is 5.39. The highest BCUT2D eigenvalue weighted by molar-refractivity contribution is 5.93. The van der Waals surface area contributed by atoms with Crippen molar-refractivity contribution >= 4 is 5.91 Å². The van der Waals surface area contributed by atoms with E-state index in [-0.39, 0.29) is 6.10 Å². The predicted octanol–water partition coefficient (Wildman–Crippen LogP) is 2.09. The predicted molar refractivity (Wildman–Crippen MR) is 94.2 cm³/mol. The van der Waals surface area contributed by atoms with Crippen molar-refractivity contribution in [1.82, 2.24) is 14.7 Å². The summed E-state index contributed by atoms with van der Waals surface area (Å²) in [4.78, 5) is 13.9. The van der Waals surface area contributed by atoms with Gasteiger partial charge in [0.05, 0.1) is 6.20 Å². The van der Waals surface area contributed by atoms with Crippen LogP contribution in [0.15, 0.2) is 36.7 Å². The summed E-state index contributed by atoms with van der Waals surface area (Å²) in [7, 11) is 1.96. The standard InChI is InChI=1S/C19H24N4O2/c1-22-11-13(10-21-22)12-23-15-5-6-16(23)9-18(8-15)25-17-4-2-3-14(7-17)19(20)24/h2-4,7,10-11,15-16,18H,5-6,8-9,12H2,1H3,(H2,20,24)/t15-,16+,18?. The summed E-state index contributed by atoms with van der Waals surface area (Å²) < 4.78 is 8.04. The Labute approximate surface area is 147 Å². The number of hydrogen-bond acceptors (Lipinski definition) is 4. The minimum absolute atomic E-state index is 0.200. The van der Waals surface area contributed by atoms with E-state index >= 15 is 0 Å². The number of rotatable bonds is 5. The molecule has 2 aliphatic rings. The van der Waals surface area contributed by atoms with Gasteiger partial charge in [0.15, 0.2) is 0 Å². The molecule has 0 aliphatic carbocycles. The maximum atomic E-state index is 11.3. The van der Waals surface area contributed by atoms with Crippen LogP contribution < -0.4 is 10.5 Å². The van der Waals surface area contributed by atoms with Crippen LogP contribution in [0, 0.1) is 0 Å². The molecule has 132 valence electrons. The fraction of sp³-hybridized carbons (Fsp3) is 0.474. The Hall–Kier alpha value is -2.34. The lowest BCUT2D eigenvalue weighted by molar-refractivity contribution is 0.0445. The quantitative estimate of drug-likeness (QED) is 0.904. The van der Waals surface area contributed by atoms with Gasteiger partial charge in [0, 0.05) is 43.0 Å². The second-order valence-corrected chi connectivity index (χ2v) is 7.18. The van der Waals surface area contributed by atoms with Crippen LogP contribution in [-0.2, 0) is 13.6 Å². The Balaban J connectivity index is 1.41. The van der Waals surface area contributed by atoms with E-state index in [1.807, 2.05) is 30.1 Å². The van der Waals surface area contributed by atoms with Crippen LogP contribution in [0.5, 0.6) is 5.75 Å². The number of ether oxygens (including phenoxy) is 1. The zero-order valence-corrected chi connectivity index (χ0v) is 14.5. The molecule has 3 heterocycles. The van der Waals surface area contributed by atoms with Gasteiger partial charge in [-0.25, -0.2) is 0 Å². The number of carbonyl (C=O) groups excluding carboxylic acids is 1. The summed E-state index contributed by atoms with van der Waals surface area (Å²) in [6, 6.07) is 8.30. The summed E-state index contributed by atoms with van der Waals surface area (Å²) in [6.07, 6.45) is 8.76. The molecule has 1 aromatic heterocycles. The third-order valence-corrected chi connectivity index (χ3v) is 5.39. The highest BCUT2D eigenvalue weighted by Crippen LogP contribution is 2.38. The second-order valence-electron chi connectivity index (χ2n) is 7.18. The van der Waals surface area contributed by atoms with Crippen molar-refractivity contribution < 1.29 is 9.53 Å². The monoisotopic (exact) mass is 340 g/mol. The SMILES string of the molecule is Cn1cc(CN2[C@@H]3CC[C@H]2CC(Oc2cccc(C(N)=O)c2)C3)cn1. The molecule has 25 heavy (non-hydrogen) atoms. The number of hydrogen-bond donors (Lipinski definition) is 1. The van der Waals surface area contributed by atoms with Gasteiger partial charge in [0.2, 0.25) is 5.91 Å². The summed E-state index contributed by atoms with van der Waals surface area (Å²) >= 11 is 0. The van der Waals surface area contributed by atoms with Crippen molar-refractivity contribution in [3.63, 3.8) is 0 Å². The molecule has 2 bridgehead atoms. The van der Waals surface area contributed by atoms with Gasteiger partial charge in [-0.1, -0.05) is 6.07 Å². The Bertz CT molecular complexity index is 758. The summed E-state index contributed by atoms with van der Waals surface area (Å²) in [6.45, 7) is 0.965. The van der Waals surface area contributed by atoms with Gasteiger partial charge in [0.25, 0.3) is 0 Å². The minimum atomic E-state index is -0.420. The van der Waals surface area contributed by atoms with E-state index in [4.69, 9.17) is 10.5 Å². The van der Waals surface area contributed by atoms with Gasteiger partial charge in [-0.05, 0) is 43.9 Å². The molecule has 6 nitrogen and oxygen atoms in total. The summed E-state index contributed by atoms with van der Waals surface area (Å²) in [5.74, 6) is 0.318. The van der Waals surface area contributed by atoms with Gasteiger partial charge < -0.3 is 10.5 Å². The number of aryl methyl sites for hydroxylation is 1. The van der Waals surface area contributed by atoms with Crippen LogP contribution in [0.25, 0.3) is 0 Å². The summed E-state index contributed by atoms with van der Waals surface area (Å²) in [5, 5.41) is 4.27. The first kappa shape index (κ1) is 16.1. The highest BCUT2D eigenvalue weighted by atomic mass is 16.5. The Morgan fingerprint density at radius 3 is 2.72 bits per heavy atom. The highest BCUT2D eigenvalue weighted by Gasteiger charge is 2.41. The van der Waals surface area contributed by atoms with Crippen LogP contribution in [0.2, 0.25) is 0 Å². The molecule has 2 fully saturated rings. The van der Waals surface area contributed by atoms with E-state index in [0.717, 1.165) is 25.1 Å². The van der Waals surface area contributed by atoms with Gasteiger partial charge in [-0.3, -0.25) is 14.4 Å². The number of piperidine rings is 1. The molecule has 6 heteroatoms. The molecule has 1 amide bonds. The van der Waals surface area contributed by atoms with E-state index in [1.165, 1.54) is 18.4 Å². The van der Waals surface area contributed by atoms with E-state index in [1.54, 1.807) is 12.1 Å².